The van der Waals surface area contributed by atoms with Crippen molar-refractivity contribution in [1.82, 2.24) is 0 Å². The third-order valence-corrected chi connectivity index (χ3v) is 2.52. The van der Waals surface area contributed by atoms with E-state index in [1.807, 2.05) is 13.8 Å². The van der Waals surface area contributed by atoms with Crippen LogP contribution in [0.3, 0.4) is 0 Å². The van der Waals surface area contributed by atoms with Crippen LogP contribution in [0.15, 0.2) is 17.8 Å². The zero-order chi connectivity index (χ0) is 11.6. The highest BCUT2D eigenvalue weighted by Gasteiger charge is 2.14. The van der Waals surface area contributed by atoms with Crippen LogP contribution in [0.2, 0.25) is 0 Å². The lowest BCUT2D eigenvalue weighted by Gasteiger charge is -2.12. The predicted octanol–water partition coefficient (Wildman–Crippen LogP) is 4.13. The maximum Gasteiger partial charge on any atom is 0.155 e. The molecule has 1 aromatic carbocycles. The highest BCUT2D eigenvalue weighted by atomic mass is 19.1. The van der Waals surface area contributed by atoms with E-state index in [9.17, 15) is 9.30 Å². The average Bonchev–Trinajstić information content (AvgIpc) is 2.21. The van der Waals surface area contributed by atoms with E-state index in [1.54, 1.807) is 6.92 Å². The Balaban J connectivity index is 3.58. The van der Waals surface area contributed by atoms with Crippen LogP contribution in [-0.2, 0) is 6.42 Å². The first-order valence-corrected chi connectivity index (χ1v) is 4.84. The first-order valence-electron chi connectivity index (χ1n) is 4.84. The minimum atomic E-state index is -0.521. The van der Waals surface area contributed by atoms with Crippen molar-refractivity contribution in [2.24, 2.45) is 5.18 Å². The summed E-state index contributed by atoms with van der Waals surface area (Å²) in [5.41, 5.74) is 2.90. The van der Waals surface area contributed by atoms with Crippen molar-refractivity contribution in [3.8, 4) is 0 Å². The number of nitrogens with zero attached hydrogens (tertiary/aromatic N) is 1. The molecule has 0 bridgehead atoms. The van der Waals surface area contributed by atoms with Gasteiger partial charge in [-0.1, -0.05) is 19.1 Å². The average molecular weight is 207 g/mol. The molecule has 0 saturated carbocycles. The largest absolute Gasteiger partial charge is 0.204 e. The van der Waals surface area contributed by atoms with Crippen LogP contribution in [0.25, 0.3) is 5.57 Å². The van der Waals surface area contributed by atoms with Crippen LogP contribution in [0.4, 0.5) is 10.1 Å². The fourth-order valence-corrected chi connectivity index (χ4v) is 1.72. The summed E-state index contributed by atoms with van der Waals surface area (Å²) in [6.07, 6.45) is 0.712. The smallest absolute Gasteiger partial charge is 0.155 e. The number of halogens is 1. The molecule has 0 aliphatic heterocycles. The van der Waals surface area contributed by atoms with E-state index in [0.29, 0.717) is 12.0 Å². The van der Waals surface area contributed by atoms with Crippen LogP contribution in [0.5, 0.6) is 0 Å². The normalized spacial score (nSPS) is 10.1. The Bertz CT molecular complexity index is 424. The highest BCUT2D eigenvalue weighted by Crippen LogP contribution is 2.30. The standard InChI is InChI=1S/C12H14FNO/c1-5-9-8(4)12(13)11(14-15)6-10(9)7(2)3/h6H,2,5H2,1,3-4H3. The molecular weight excluding hydrogens is 193 g/mol. The Morgan fingerprint density at radius 2 is 2.20 bits per heavy atom. The fourth-order valence-electron chi connectivity index (χ4n) is 1.72. The molecule has 0 fully saturated rings. The molecule has 0 heterocycles. The van der Waals surface area contributed by atoms with Gasteiger partial charge in [0.1, 0.15) is 5.69 Å². The minimum Gasteiger partial charge on any atom is -0.204 e. The van der Waals surface area contributed by atoms with Gasteiger partial charge in [-0.15, -0.1) is 4.91 Å². The Labute approximate surface area is 88.8 Å². The Morgan fingerprint density at radius 1 is 1.60 bits per heavy atom. The number of hydrogen-bond acceptors (Lipinski definition) is 2. The summed E-state index contributed by atoms with van der Waals surface area (Å²) in [5, 5.41) is 2.68. The van der Waals surface area contributed by atoms with Crippen molar-refractivity contribution in [2.45, 2.75) is 27.2 Å². The van der Waals surface area contributed by atoms with E-state index in [1.165, 1.54) is 6.07 Å². The molecule has 1 aromatic rings. The molecule has 0 unspecified atom stereocenters. The van der Waals surface area contributed by atoms with E-state index in [0.717, 1.165) is 16.7 Å². The summed E-state index contributed by atoms with van der Waals surface area (Å²) in [7, 11) is 0. The van der Waals surface area contributed by atoms with Gasteiger partial charge in [0.05, 0.1) is 0 Å². The number of nitroso groups, excluding NO2 is 1. The highest BCUT2D eigenvalue weighted by molar-refractivity contribution is 5.69. The molecule has 0 aliphatic rings. The number of rotatable bonds is 3. The summed E-state index contributed by atoms with van der Waals surface area (Å²) < 4.78 is 13.6. The lowest BCUT2D eigenvalue weighted by Crippen LogP contribution is -1.97. The first kappa shape index (κ1) is 11.6. The molecule has 0 amide bonds. The summed E-state index contributed by atoms with van der Waals surface area (Å²) in [4.78, 5) is 10.4. The minimum absolute atomic E-state index is 0.136. The van der Waals surface area contributed by atoms with Crippen LogP contribution in [0.1, 0.15) is 30.5 Å². The van der Waals surface area contributed by atoms with Gasteiger partial charge in [-0.2, -0.15) is 0 Å². The van der Waals surface area contributed by atoms with Gasteiger partial charge in [0.15, 0.2) is 5.82 Å². The molecule has 80 valence electrons. The molecule has 15 heavy (non-hydrogen) atoms. The lowest BCUT2D eigenvalue weighted by atomic mass is 9.94. The zero-order valence-corrected chi connectivity index (χ0v) is 9.22. The quantitative estimate of drug-likeness (QED) is 0.685. The van der Waals surface area contributed by atoms with Gasteiger partial charge in [0.25, 0.3) is 0 Å². The predicted molar refractivity (Wildman–Crippen MR) is 60.7 cm³/mol. The van der Waals surface area contributed by atoms with E-state index in [2.05, 4.69) is 11.8 Å². The van der Waals surface area contributed by atoms with Crippen LogP contribution >= 0.6 is 0 Å². The second-order valence-electron chi connectivity index (χ2n) is 3.59. The molecular formula is C12H14FNO. The van der Waals surface area contributed by atoms with Crippen molar-refractivity contribution >= 4 is 11.3 Å². The zero-order valence-electron chi connectivity index (χ0n) is 9.22. The number of allylic oxidation sites excluding steroid dienone is 1. The van der Waals surface area contributed by atoms with Crippen molar-refractivity contribution in [3.63, 3.8) is 0 Å². The maximum atomic E-state index is 13.6. The van der Waals surface area contributed by atoms with Crippen molar-refractivity contribution in [2.75, 3.05) is 0 Å². The van der Waals surface area contributed by atoms with Crippen LogP contribution in [0, 0.1) is 17.6 Å². The van der Waals surface area contributed by atoms with Crippen LogP contribution < -0.4 is 0 Å². The molecule has 0 spiro atoms. The monoisotopic (exact) mass is 207 g/mol. The van der Waals surface area contributed by atoms with E-state index < -0.39 is 5.82 Å². The molecule has 0 N–H and O–H groups in total. The van der Waals surface area contributed by atoms with Gasteiger partial charge in [0.2, 0.25) is 0 Å². The molecule has 0 aliphatic carbocycles. The third kappa shape index (κ3) is 1.96. The van der Waals surface area contributed by atoms with E-state index in [4.69, 9.17) is 0 Å². The molecule has 0 aromatic heterocycles. The second kappa shape index (κ2) is 4.34. The van der Waals surface area contributed by atoms with Gasteiger partial charge in [-0.05, 0) is 48.2 Å². The summed E-state index contributed by atoms with van der Waals surface area (Å²) >= 11 is 0. The van der Waals surface area contributed by atoms with Gasteiger partial charge >= 0.3 is 0 Å². The first-order chi connectivity index (χ1) is 7.02. The topological polar surface area (TPSA) is 29.4 Å². The Hall–Kier alpha value is -1.51. The lowest BCUT2D eigenvalue weighted by molar-refractivity contribution is 0.617. The number of benzene rings is 1. The van der Waals surface area contributed by atoms with E-state index in [-0.39, 0.29) is 5.69 Å². The van der Waals surface area contributed by atoms with Gasteiger partial charge in [0, 0.05) is 0 Å². The summed E-state index contributed by atoms with van der Waals surface area (Å²) in [6.45, 7) is 9.26. The number of hydrogen-bond donors (Lipinski definition) is 0. The van der Waals surface area contributed by atoms with Crippen molar-refractivity contribution in [3.05, 3.63) is 40.1 Å². The fraction of sp³-hybridized carbons (Fsp3) is 0.333. The molecule has 0 atom stereocenters. The molecule has 1 rings (SSSR count). The summed E-state index contributed by atoms with van der Waals surface area (Å²) in [6, 6.07) is 1.47. The molecule has 0 radical (unpaired) electrons. The van der Waals surface area contributed by atoms with Crippen molar-refractivity contribution in [1.29, 1.82) is 0 Å². The Morgan fingerprint density at radius 3 is 2.60 bits per heavy atom. The van der Waals surface area contributed by atoms with Gasteiger partial charge < -0.3 is 0 Å². The van der Waals surface area contributed by atoms with Gasteiger partial charge in [-0.25, -0.2) is 4.39 Å². The SMILES string of the molecule is C=C(C)c1cc(N=O)c(F)c(C)c1CC. The van der Waals surface area contributed by atoms with Crippen LogP contribution in [-0.4, -0.2) is 0 Å². The molecule has 2 nitrogen and oxygen atoms in total. The maximum absolute atomic E-state index is 13.6. The molecule has 3 heteroatoms. The van der Waals surface area contributed by atoms with Gasteiger partial charge in [-0.3, -0.25) is 0 Å². The second-order valence-corrected chi connectivity index (χ2v) is 3.59. The Kier molecular flexibility index (Phi) is 3.35. The summed E-state index contributed by atoms with van der Waals surface area (Å²) in [5.74, 6) is -0.521. The third-order valence-electron chi connectivity index (χ3n) is 2.52. The molecule has 0 saturated heterocycles. The van der Waals surface area contributed by atoms with Crippen molar-refractivity contribution < 1.29 is 4.39 Å². The van der Waals surface area contributed by atoms with E-state index >= 15 is 0 Å².